The van der Waals surface area contributed by atoms with Crippen LogP contribution in [0.25, 0.3) is 0 Å². The predicted molar refractivity (Wildman–Crippen MR) is 161 cm³/mol. The van der Waals surface area contributed by atoms with Gasteiger partial charge in [0.2, 0.25) is 5.95 Å². The molecule has 1 N–H and O–H groups in total. The number of nitriles is 1. The van der Waals surface area contributed by atoms with Crippen molar-refractivity contribution < 1.29 is 18.9 Å². The largest absolute Gasteiger partial charge is 0.493 e. The summed E-state index contributed by atoms with van der Waals surface area (Å²) in [5, 5.41) is 13.8. The van der Waals surface area contributed by atoms with Crippen LogP contribution in [-0.2, 0) is 16.1 Å². The highest BCUT2D eigenvalue weighted by Crippen LogP contribution is 2.34. The highest BCUT2D eigenvalue weighted by Gasteiger charge is 2.19. The van der Waals surface area contributed by atoms with Crippen LogP contribution in [0.3, 0.4) is 0 Å². The highest BCUT2D eigenvalue weighted by molar-refractivity contribution is 14.1. The lowest BCUT2D eigenvalue weighted by Crippen LogP contribution is -2.39. The van der Waals surface area contributed by atoms with Gasteiger partial charge >= 0.3 is 0 Å². The number of hydrazone groups is 1. The fourth-order valence-corrected chi connectivity index (χ4v) is 5.15. The quantitative estimate of drug-likeness (QED) is 0.208. The number of nitrogens with one attached hydrogen (secondary N) is 1. The van der Waals surface area contributed by atoms with Gasteiger partial charge in [0.05, 0.1) is 55.0 Å². The third-order valence-corrected chi connectivity index (χ3v) is 7.29. The molecule has 0 amide bonds. The normalized spacial score (nSPS) is 15.6. The molecule has 40 heavy (non-hydrogen) atoms. The van der Waals surface area contributed by atoms with Crippen LogP contribution in [0.2, 0.25) is 0 Å². The lowest BCUT2D eigenvalue weighted by molar-refractivity contribution is 0.121. The molecule has 12 heteroatoms. The van der Waals surface area contributed by atoms with Crippen LogP contribution in [0, 0.1) is 14.9 Å². The number of methoxy groups -OCH3 is 1. The Kier molecular flexibility index (Phi) is 9.48. The van der Waals surface area contributed by atoms with Gasteiger partial charge in [0.15, 0.2) is 17.3 Å². The molecule has 2 aromatic carbocycles. The number of ether oxygens (including phenoxy) is 4. The molecule has 1 aromatic heterocycles. The van der Waals surface area contributed by atoms with Crippen LogP contribution in [0.4, 0.5) is 17.6 Å². The minimum Gasteiger partial charge on any atom is -0.493 e. The topological polar surface area (TPSA) is 117 Å². The summed E-state index contributed by atoms with van der Waals surface area (Å²) in [5.74, 6) is 3.29. The van der Waals surface area contributed by atoms with Crippen LogP contribution < -0.4 is 24.7 Å². The van der Waals surface area contributed by atoms with Crippen molar-refractivity contribution in [1.82, 2.24) is 9.97 Å². The lowest BCUT2D eigenvalue weighted by Gasteiger charge is -2.31. The first-order valence-electron chi connectivity index (χ1n) is 13.0. The van der Waals surface area contributed by atoms with Crippen LogP contribution >= 0.6 is 22.6 Å². The van der Waals surface area contributed by atoms with Gasteiger partial charge in [-0.05, 0) is 46.4 Å². The molecule has 0 unspecified atom stereocenters. The van der Waals surface area contributed by atoms with E-state index in [0.29, 0.717) is 55.3 Å². The fraction of sp³-hybridized carbons (Fsp3) is 0.357. The molecule has 3 heterocycles. The van der Waals surface area contributed by atoms with E-state index in [1.807, 2.05) is 36.4 Å². The molecular weight excluding hydrogens is 625 g/mol. The zero-order valence-corrected chi connectivity index (χ0v) is 24.3. The smallest absolute Gasteiger partial charge is 0.229 e. The molecule has 3 aromatic rings. The Morgan fingerprint density at radius 1 is 1.05 bits per heavy atom. The number of halogens is 1. The molecule has 0 aliphatic carbocycles. The maximum absolute atomic E-state index is 9.36. The van der Waals surface area contributed by atoms with Gasteiger partial charge in [-0.15, -0.1) is 0 Å². The molecule has 0 bridgehead atoms. The van der Waals surface area contributed by atoms with Crippen molar-refractivity contribution in [3.05, 3.63) is 62.7 Å². The maximum atomic E-state index is 9.36. The maximum Gasteiger partial charge on any atom is 0.229 e. The fourth-order valence-electron chi connectivity index (χ4n) is 4.37. The van der Waals surface area contributed by atoms with E-state index in [9.17, 15) is 5.26 Å². The summed E-state index contributed by atoms with van der Waals surface area (Å²) in [6.07, 6.45) is 1.71. The second kappa shape index (κ2) is 13.6. The van der Waals surface area contributed by atoms with Crippen molar-refractivity contribution in [2.75, 3.05) is 74.9 Å². The molecule has 0 atom stereocenters. The second-order valence-electron chi connectivity index (χ2n) is 9.07. The molecule has 0 saturated carbocycles. The number of aromatic nitrogens is 2. The van der Waals surface area contributed by atoms with Gasteiger partial charge in [-0.1, -0.05) is 18.2 Å². The second-order valence-corrected chi connectivity index (χ2v) is 10.2. The van der Waals surface area contributed by atoms with Gasteiger partial charge in [-0.25, -0.2) is 0 Å². The monoisotopic (exact) mass is 655 g/mol. The number of hydrogen-bond acceptors (Lipinski definition) is 11. The molecule has 2 fully saturated rings. The number of nitrogens with zero attached hydrogens (tertiary/aromatic N) is 6. The first kappa shape index (κ1) is 27.9. The summed E-state index contributed by atoms with van der Waals surface area (Å²) >= 11 is 2.21. The van der Waals surface area contributed by atoms with Crippen molar-refractivity contribution in [2.45, 2.75) is 6.61 Å². The molecule has 2 aliphatic rings. The van der Waals surface area contributed by atoms with Crippen molar-refractivity contribution >= 4 is 46.4 Å². The molecule has 0 radical (unpaired) electrons. The SMILES string of the molecule is COc1cc(C=NNc2cc(N3CCOCC3)nc(N3CCOCC3)n2)cc(I)c1OCc1ccccc1C#N. The van der Waals surface area contributed by atoms with Gasteiger partial charge in [0, 0.05) is 37.8 Å². The third-order valence-electron chi connectivity index (χ3n) is 6.48. The Labute approximate surface area is 246 Å². The van der Waals surface area contributed by atoms with Gasteiger partial charge < -0.3 is 28.7 Å². The Bertz CT molecular complexity index is 1350. The van der Waals surface area contributed by atoms with Gasteiger partial charge in [-0.3, -0.25) is 5.43 Å². The summed E-state index contributed by atoms with van der Waals surface area (Å²) < 4.78 is 23.6. The van der Waals surface area contributed by atoms with E-state index in [4.69, 9.17) is 28.9 Å². The zero-order valence-electron chi connectivity index (χ0n) is 22.2. The van der Waals surface area contributed by atoms with Crippen molar-refractivity contribution in [3.8, 4) is 17.6 Å². The average molecular weight is 655 g/mol. The molecule has 208 valence electrons. The van der Waals surface area contributed by atoms with Crippen molar-refractivity contribution in [1.29, 1.82) is 5.26 Å². The summed E-state index contributed by atoms with van der Waals surface area (Å²) in [5.41, 5.74) is 5.31. The first-order chi connectivity index (χ1) is 19.6. The lowest BCUT2D eigenvalue weighted by atomic mass is 10.1. The van der Waals surface area contributed by atoms with Crippen molar-refractivity contribution in [2.24, 2.45) is 5.10 Å². The summed E-state index contributed by atoms with van der Waals surface area (Å²) in [6, 6.07) is 15.3. The molecule has 2 aliphatic heterocycles. The van der Waals surface area contributed by atoms with Gasteiger partial charge in [-0.2, -0.15) is 20.3 Å². The molecule has 2 saturated heterocycles. The highest BCUT2D eigenvalue weighted by atomic mass is 127. The van der Waals surface area contributed by atoms with Gasteiger partial charge in [0.1, 0.15) is 12.4 Å². The third kappa shape index (κ3) is 6.90. The Morgan fingerprint density at radius 2 is 1.77 bits per heavy atom. The Balaban J connectivity index is 1.32. The van der Waals surface area contributed by atoms with Crippen LogP contribution in [0.15, 0.2) is 47.6 Å². The van der Waals surface area contributed by atoms with Gasteiger partial charge in [0.25, 0.3) is 0 Å². The van der Waals surface area contributed by atoms with E-state index in [1.165, 1.54) is 0 Å². The molecule has 5 rings (SSSR count). The summed E-state index contributed by atoms with van der Waals surface area (Å²) in [4.78, 5) is 13.9. The summed E-state index contributed by atoms with van der Waals surface area (Å²) in [6.45, 7) is 5.93. The Morgan fingerprint density at radius 3 is 2.50 bits per heavy atom. The van der Waals surface area contributed by atoms with E-state index in [1.54, 1.807) is 19.4 Å². The van der Waals surface area contributed by atoms with Crippen molar-refractivity contribution in [3.63, 3.8) is 0 Å². The van der Waals surface area contributed by atoms with Crippen LogP contribution in [0.5, 0.6) is 11.5 Å². The van der Waals surface area contributed by atoms with E-state index in [2.05, 4.69) is 49.0 Å². The molecular formula is C28H30IN7O4. The van der Waals surface area contributed by atoms with E-state index < -0.39 is 0 Å². The van der Waals surface area contributed by atoms with E-state index in [-0.39, 0.29) is 6.61 Å². The predicted octanol–water partition coefficient (Wildman–Crippen LogP) is 3.66. The minimum absolute atomic E-state index is 0.260. The van der Waals surface area contributed by atoms with Crippen LogP contribution in [0.1, 0.15) is 16.7 Å². The Hall–Kier alpha value is -3.67. The minimum atomic E-state index is 0.260. The van der Waals surface area contributed by atoms with Crippen LogP contribution in [-0.4, -0.2) is 75.9 Å². The number of anilines is 3. The summed E-state index contributed by atoms with van der Waals surface area (Å²) in [7, 11) is 1.60. The molecule has 0 spiro atoms. The zero-order chi connectivity index (χ0) is 27.7. The number of hydrogen-bond donors (Lipinski definition) is 1. The van der Waals surface area contributed by atoms with E-state index >= 15 is 0 Å². The molecule has 11 nitrogen and oxygen atoms in total. The average Bonchev–Trinajstić information content (AvgIpc) is 3.01. The number of rotatable bonds is 9. The number of benzene rings is 2. The van der Waals surface area contributed by atoms with E-state index in [0.717, 1.165) is 46.7 Å². The first-order valence-corrected chi connectivity index (χ1v) is 14.0. The number of morpholine rings is 2. The standard InChI is InChI=1S/C28H30IN7O4/c1-37-24-15-20(14-23(29)27(24)40-19-22-5-3-2-4-21(22)17-30)18-31-34-25-16-26(35-6-10-38-11-7-35)33-28(32-25)36-8-12-39-13-9-36/h2-5,14-16,18H,6-13,19H2,1H3,(H,32,33,34).